The van der Waals surface area contributed by atoms with Gasteiger partial charge in [-0.15, -0.1) is 4.52 Å². The van der Waals surface area contributed by atoms with Crippen molar-refractivity contribution in [2.24, 2.45) is 0 Å². The van der Waals surface area contributed by atoms with Gasteiger partial charge in [-0.25, -0.2) is 56.6 Å². The molecular weight excluding hydrogens is 1150 g/mol. The van der Waals surface area contributed by atoms with Gasteiger partial charge in [-0.2, -0.15) is 30.1 Å². The van der Waals surface area contributed by atoms with E-state index in [9.17, 15) is 61.1 Å². The Kier molecular flexibility index (Phi) is 19.9. The monoisotopic (exact) mass is 1200 g/mol. The second kappa shape index (κ2) is 25.7. The molecule has 0 aliphatic carbocycles. The van der Waals surface area contributed by atoms with E-state index in [4.69, 9.17) is 25.6 Å². The molecule has 0 radical (unpaired) electrons. The van der Waals surface area contributed by atoms with Gasteiger partial charge < -0.3 is 24.6 Å². The Labute approximate surface area is 444 Å². The normalized spacial score (nSPS) is 11.9. The van der Waals surface area contributed by atoms with Gasteiger partial charge in [-0.3, -0.25) is 9.66 Å². The number of alkyl halides is 1. The Hall–Kier alpha value is -6.94. The Morgan fingerprint density at radius 2 is 1.14 bits per heavy atom. The van der Waals surface area contributed by atoms with Crippen LogP contribution in [0.4, 0.5) is 46.8 Å². The number of benzene rings is 4. The molecule has 0 saturated carbocycles. The average molecular weight is 1200 g/mol. The van der Waals surface area contributed by atoms with Crippen molar-refractivity contribution < 1.29 is 79.6 Å². The van der Waals surface area contributed by atoms with E-state index in [1.54, 1.807) is 0 Å². The number of H-pyrrole nitrogens is 1. The molecule has 33 heteroatoms. The van der Waals surface area contributed by atoms with Gasteiger partial charge in [0.15, 0.2) is 54.5 Å². The van der Waals surface area contributed by atoms with Crippen molar-refractivity contribution in [3.63, 3.8) is 0 Å². The number of hydrogen-bond acceptors (Lipinski definition) is 18. The lowest BCUT2D eigenvalue weighted by Crippen LogP contribution is -2.15. The van der Waals surface area contributed by atoms with Crippen LogP contribution < -0.4 is 20.1 Å². The highest BCUT2D eigenvalue weighted by atomic mass is 35.5. The van der Waals surface area contributed by atoms with Gasteiger partial charge in [-0.1, -0.05) is 11.6 Å². The molecule has 1 unspecified atom stereocenters. The number of hydrogen-bond donors (Lipinski definition) is 3. The summed E-state index contributed by atoms with van der Waals surface area (Å²) in [5.74, 6) is -8.28. The molecule has 0 aliphatic rings. The molecule has 0 fully saturated rings. The number of ether oxygens (including phenoxy) is 2. The number of aromatic amines is 1. The molecule has 20 nitrogen and oxygen atoms in total. The molecule has 0 bridgehead atoms. The van der Waals surface area contributed by atoms with Gasteiger partial charge in [0.05, 0.1) is 28.0 Å². The third-order valence-corrected chi connectivity index (χ3v) is 13.2. The van der Waals surface area contributed by atoms with Crippen molar-refractivity contribution in [2.75, 3.05) is 73.8 Å². The highest BCUT2D eigenvalue weighted by Gasteiger charge is 2.26. The van der Waals surface area contributed by atoms with Crippen LogP contribution in [0.2, 0.25) is 0 Å². The maximum absolute atomic E-state index is 14.8. The van der Waals surface area contributed by atoms with E-state index in [1.165, 1.54) is 20.0 Å². The summed E-state index contributed by atoms with van der Waals surface area (Å²) < 4.78 is 202. The van der Waals surface area contributed by atoms with Crippen molar-refractivity contribution in [3.8, 4) is 46.0 Å². The number of nitrogens with one attached hydrogen (secondary N) is 3. The summed E-state index contributed by atoms with van der Waals surface area (Å²) in [5.41, 5.74) is -0.689. The zero-order chi connectivity index (χ0) is 57.3. The summed E-state index contributed by atoms with van der Waals surface area (Å²) in [6, 6.07) is 9.84. The minimum atomic E-state index is -3.41. The third kappa shape index (κ3) is 17.0. The smallest absolute Gasteiger partial charge is 0.421 e. The summed E-state index contributed by atoms with van der Waals surface area (Å²) in [7, 11) is -11.3. The highest BCUT2D eigenvalue weighted by molar-refractivity contribution is 7.90. The third-order valence-electron chi connectivity index (χ3n) is 9.79. The predicted octanol–water partition coefficient (Wildman–Crippen LogP) is 10.2. The second-order valence-corrected chi connectivity index (χ2v) is 25.1. The molecule has 4 heterocycles. The molecule has 4 aromatic heterocycles. The lowest BCUT2D eigenvalue weighted by atomic mass is 10.1. The molecule has 8 rings (SSSR count). The van der Waals surface area contributed by atoms with Gasteiger partial charge in [-0.05, 0) is 65.2 Å². The van der Waals surface area contributed by atoms with Crippen molar-refractivity contribution in [1.29, 1.82) is 0 Å². The van der Waals surface area contributed by atoms with Gasteiger partial charge >= 0.3 is 20.0 Å². The largest absolute Gasteiger partial charge is 0.506 e. The summed E-state index contributed by atoms with van der Waals surface area (Å²) in [4.78, 5) is 16.5. The van der Waals surface area contributed by atoms with Crippen molar-refractivity contribution in [1.82, 2.24) is 39.9 Å². The lowest BCUT2D eigenvalue weighted by molar-refractivity contribution is 0.232. The van der Waals surface area contributed by atoms with Crippen molar-refractivity contribution >= 4 is 80.4 Å². The first-order valence-corrected chi connectivity index (χ1v) is 30.7. The van der Waals surface area contributed by atoms with E-state index in [2.05, 4.69) is 50.4 Å². The minimum Gasteiger partial charge on any atom is -0.421 e. The highest BCUT2D eigenvalue weighted by Crippen LogP contribution is 2.40. The average Bonchev–Trinajstić information content (AvgIpc) is 3.95. The SMILES string of the molecule is CP(C)(=O)OCn1nc(-c2cc(F)ccc2F)c2c(NCCS(C)(=O)=O)nc(Oc3ccc(F)cc3F)nc21.CS(=O)(=O)CCNc1nc(Oc2ccc(F)cc2F)nc2n[nH]c(-c3cc(F)ccc3F)c12.C[P+](=O)OCCl. The Bertz CT molecular complexity index is 3810. The topological polar surface area (TPSA) is 261 Å². The molecule has 0 spiro atoms. The maximum atomic E-state index is 14.8. The standard InChI is InChI=1S/C23H22F4N5O5PS.C20H15F4N5O3S.C2H5ClO2P/c1-38(2,33)36-12-32-22-19(20(31-32)15-10-13(24)4-6-16(15)26)21(28-8-9-39(3,34)35)29-23(30-22)37-18-7-5-14(25)11-17(18)27;1-33(30,31)7-6-25-18-16-17(12-8-10(21)2-4-13(12)23)28-29-19(16)27-20(26-18)32-15-5-3-11(22)9-14(15)24;1-6(4)5-2-3/h4-7,10-11H,8-9,12H2,1-3H3,(H,28,29,30);2-5,8-9H,6-7H2,1H3,(H2,25,26,27,28,29);2H2,1H3/q;;+1. The van der Waals surface area contributed by atoms with E-state index < -0.39 is 106 Å². The van der Waals surface area contributed by atoms with Crippen LogP contribution in [0, 0.1) is 46.5 Å². The molecule has 416 valence electrons. The first-order chi connectivity index (χ1) is 36.6. The Balaban J connectivity index is 0.000000231. The van der Waals surface area contributed by atoms with Crippen LogP contribution in [0.1, 0.15) is 0 Å². The van der Waals surface area contributed by atoms with Crippen LogP contribution in [0.25, 0.3) is 44.6 Å². The predicted molar refractivity (Wildman–Crippen MR) is 273 cm³/mol. The zero-order valence-electron chi connectivity index (χ0n) is 41.0. The van der Waals surface area contributed by atoms with Gasteiger partial charge in [0.2, 0.25) is 0 Å². The van der Waals surface area contributed by atoms with Crippen LogP contribution in [0.5, 0.6) is 23.5 Å². The van der Waals surface area contributed by atoms with Crippen LogP contribution in [0.15, 0.2) is 72.8 Å². The van der Waals surface area contributed by atoms with E-state index >= 15 is 0 Å². The summed E-state index contributed by atoms with van der Waals surface area (Å²) >= 11 is 4.99. The quantitative estimate of drug-likeness (QED) is 0.0386. The first-order valence-electron chi connectivity index (χ1n) is 21.9. The molecule has 4 aromatic carbocycles. The number of fused-ring (bicyclic) bond motifs is 2. The summed E-state index contributed by atoms with van der Waals surface area (Å²) in [6.07, 6.45) is 2.06. The maximum Gasteiger partial charge on any atom is 0.506 e. The Morgan fingerprint density at radius 3 is 1.62 bits per heavy atom. The number of anilines is 2. The number of sulfone groups is 2. The van der Waals surface area contributed by atoms with E-state index in [1.807, 2.05) is 0 Å². The Morgan fingerprint density at radius 1 is 0.667 bits per heavy atom. The summed E-state index contributed by atoms with van der Waals surface area (Å²) in [5, 5.41) is 16.5. The second-order valence-electron chi connectivity index (χ2n) is 16.5. The fourth-order valence-corrected chi connectivity index (χ4v) is 8.31. The lowest BCUT2D eigenvalue weighted by Gasteiger charge is -2.12. The molecule has 0 amide bonds. The van der Waals surface area contributed by atoms with Crippen LogP contribution >= 0.6 is 27.0 Å². The van der Waals surface area contributed by atoms with E-state index in [-0.39, 0.29) is 92.6 Å². The number of nitrogens with zero attached hydrogens (tertiary/aromatic N) is 7. The van der Waals surface area contributed by atoms with Crippen LogP contribution in [0.3, 0.4) is 0 Å². The molecule has 0 aliphatic heterocycles. The number of rotatable bonds is 19. The van der Waals surface area contributed by atoms with E-state index in [0.717, 1.165) is 77.9 Å². The fraction of sp³-hybridized carbons (Fsp3) is 0.244. The van der Waals surface area contributed by atoms with Crippen molar-refractivity contribution in [3.05, 3.63) is 119 Å². The molecular formula is C45H42ClF8N10O10P2S2+. The fourth-order valence-electron chi connectivity index (χ4n) is 6.43. The molecule has 78 heavy (non-hydrogen) atoms. The van der Waals surface area contributed by atoms with Crippen LogP contribution in [-0.4, -0.2) is 120 Å². The van der Waals surface area contributed by atoms with Crippen molar-refractivity contribution in [2.45, 2.75) is 6.73 Å². The first kappa shape index (κ1) is 60.3. The summed E-state index contributed by atoms with van der Waals surface area (Å²) in [6.45, 7) is 3.46. The zero-order valence-corrected chi connectivity index (χ0v) is 45.2. The van der Waals surface area contributed by atoms with E-state index in [0.29, 0.717) is 12.1 Å². The number of halogens is 9. The van der Waals surface area contributed by atoms with Gasteiger partial charge in [0.25, 0.3) is 0 Å². The molecule has 8 aromatic rings. The molecule has 0 saturated heterocycles. The minimum absolute atomic E-state index is 0.0190. The van der Waals surface area contributed by atoms with Crippen LogP contribution in [-0.2, 0) is 44.6 Å². The van der Waals surface area contributed by atoms with Gasteiger partial charge in [0.1, 0.15) is 78.6 Å². The van der Waals surface area contributed by atoms with Gasteiger partial charge in [0, 0.05) is 62.2 Å². The molecule has 1 atom stereocenters. The number of aromatic nitrogens is 8. The molecule has 3 N–H and O–H groups in total.